The van der Waals surface area contributed by atoms with Crippen molar-refractivity contribution in [2.45, 2.75) is 6.54 Å². The van der Waals surface area contributed by atoms with E-state index in [1.807, 2.05) is 18.2 Å². The average Bonchev–Trinajstić information content (AvgIpc) is 2.52. The molecular formula is C17H14Cl2N3. The van der Waals surface area contributed by atoms with E-state index in [0.29, 0.717) is 16.6 Å². The van der Waals surface area contributed by atoms with Crippen LogP contribution in [0.5, 0.6) is 0 Å². The summed E-state index contributed by atoms with van der Waals surface area (Å²) in [7, 11) is 0. The summed E-state index contributed by atoms with van der Waals surface area (Å²) >= 11 is 12.4. The van der Waals surface area contributed by atoms with E-state index >= 15 is 0 Å². The smallest absolute Gasteiger partial charge is 0.149 e. The van der Waals surface area contributed by atoms with Gasteiger partial charge in [-0.15, -0.1) is 0 Å². The molecule has 2 aromatic rings. The standard InChI is InChI=1S/C17H14Cl2N3/c1-2-3-12-8-16-17(21-10-12)20-6-7-22(16)11-13-9-14(18)4-5-15(13)19/h4-5,8-10H,1,6-7,11H2,(H,20,21). The van der Waals surface area contributed by atoms with Crippen LogP contribution in [0.4, 0.5) is 11.5 Å². The fourth-order valence-corrected chi connectivity index (χ4v) is 2.84. The van der Waals surface area contributed by atoms with E-state index in [1.54, 1.807) is 12.3 Å². The first-order chi connectivity index (χ1) is 10.7. The fourth-order valence-electron chi connectivity index (χ4n) is 2.46. The average molecular weight is 331 g/mol. The zero-order valence-electron chi connectivity index (χ0n) is 11.9. The third kappa shape index (κ3) is 3.14. The lowest BCUT2D eigenvalue weighted by Gasteiger charge is -2.31. The monoisotopic (exact) mass is 330 g/mol. The number of nitrogens with one attached hydrogen (secondary N) is 1. The lowest BCUT2D eigenvalue weighted by Crippen LogP contribution is -2.34. The Bertz CT molecular complexity index is 762. The van der Waals surface area contributed by atoms with Crippen LogP contribution in [0, 0.1) is 18.8 Å². The summed E-state index contributed by atoms with van der Waals surface area (Å²) in [4.78, 5) is 6.65. The molecule has 22 heavy (non-hydrogen) atoms. The number of fused-ring (bicyclic) bond motifs is 1. The van der Waals surface area contributed by atoms with Crippen molar-refractivity contribution in [3.8, 4) is 11.8 Å². The Labute approximate surface area is 140 Å². The number of anilines is 2. The van der Waals surface area contributed by atoms with Gasteiger partial charge in [0.1, 0.15) is 5.82 Å². The first-order valence-electron chi connectivity index (χ1n) is 6.88. The molecule has 2 heterocycles. The highest BCUT2D eigenvalue weighted by atomic mass is 35.5. The number of benzene rings is 1. The van der Waals surface area contributed by atoms with Crippen LogP contribution < -0.4 is 10.2 Å². The summed E-state index contributed by atoms with van der Waals surface area (Å²) in [6.45, 7) is 5.92. The van der Waals surface area contributed by atoms with E-state index in [9.17, 15) is 0 Å². The Kier molecular flexibility index (Phi) is 4.42. The van der Waals surface area contributed by atoms with Crippen LogP contribution >= 0.6 is 23.2 Å². The molecule has 0 bridgehead atoms. The van der Waals surface area contributed by atoms with Crippen molar-refractivity contribution < 1.29 is 0 Å². The zero-order chi connectivity index (χ0) is 15.5. The molecule has 0 spiro atoms. The lowest BCUT2D eigenvalue weighted by atomic mass is 10.1. The predicted octanol–water partition coefficient (Wildman–Crippen LogP) is 4.01. The third-order valence-electron chi connectivity index (χ3n) is 3.48. The van der Waals surface area contributed by atoms with Gasteiger partial charge in [0.15, 0.2) is 0 Å². The van der Waals surface area contributed by atoms with Crippen LogP contribution in [0.15, 0.2) is 30.5 Å². The van der Waals surface area contributed by atoms with Crippen molar-refractivity contribution in [3.05, 3.63) is 58.6 Å². The maximum atomic E-state index is 6.28. The van der Waals surface area contributed by atoms with Gasteiger partial charge >= 0.3 is 0 Å². The third-order valence-corrected chi connectivity index (χ3v) is 4.09. The normalized spacial score (nSPS) is 13.0. The predicted molar refractivity (Wildman–Crippen MR) is 92.5 cm³/mol. The van der Waals surface area contributed by atoms with Crippen molar-refractivity contribution in [2.24, 2.45) is 0 Å². The van der Waals surface area contributed by atoms with Gasteiger partial charge in [0.2, 0.25) is 0 Å². The van der Waals surface area contributed by atoms with Crippen LogP contribution in [-0.2, 0) is 6.54 Å². The highest BCUT2D eigenvalue weighted by Gasteiger charge is 2.19. The highest BCUT2D eigenvalue weighted by molar-refractivity contribution is 6.33. The van der Waals surface area contributed by atoms with E-state index in [0.717, 1.165) is 35.7 Å². The van der Waals surface area contributed by atoms with E-state index in [2.05, 4.69) is 34.0 Å². The zero-order valence-corrected chi connectivity index (χ0v) is 13.4. The summed E-state index contributed by atoms with van der Waals surface area (Å²) in [5, 5.41) is 4.70. The van der Waals surface area contributed by atoms with E-state index in [1.165, 1.54) is 0 Å². The molecular weight excluding hydrogens is 317 g/mol. The molecule has 3 rings (SSSR count). The van der Waals surface area contributed by atoms with E-state index < -0.39 is 0 Å². The Morgan fingerprint density at radius 2 is 2.18 bits per heavy atom. The number of nitrogens with zero attached hydrogens (tertiary/aromatic N) is 2. The van der Waals surface area contributed by atoms with Crippen molar-refractivity contribution >= 4 is 34.7 Å². The molecule has 1 aliphatic heterocycles. The molecule has 0 amide bonds. The molecule has 0 fully saturated rings. The largest absolute Gasteiger partial charge is 0.367 e. The molecule has 0 atom stereocenters. The van der Waals surface area contributed by atoms with Crippen LogP contribution in [0.2, 0.25) is 10.0 Å². The van der Waals surface area contributed by atoms with Gasteiger partial charge in [0.25, 0.3) is 0 Å². The second-order valence-corrected chi connectivity index (χ2v) is 5.82. The Balaban J connectivity index is 1.94. The molecule has 1 aromatic heterocycles. The molecule has 1 N–H and O–H groups in total. The second-order valence-electron chi connectivity index (χ2n) is 4.98. The molecule has 111 valence electrons. The minimum Gasteiger partial charge on any atom is -0.367 e. The highest BCUT2D eigenvalue weighted by Crippen LogP contribution is 2.31. The molecule has 1 aromatic carbocycles. The summed E-state index contributed by atoms with van der Waals surface area (Å²) < 4.78 is 0. The minimum absolute atomic E-state index is 0.678. The van der Waals surface area contributed by atoms with Gasteiger partial charge in [0, 0.05) is 48.4 Å². The first-order valence-corrected chi connectivity index (χ1v) is 7.64. The van der Waals surface area contributed by atoms with Crippen molar-refractivity contribution in [1.82, 2.24) is 4.98 Å². The number of hydrogen-bond donors (Lipinski definition) is 1. The SMILES string of the molecule is [CH2]C#Cc1cnc2c(c1)N(Cc1cc(Cl)ccc1Cl)CCN2. The van der Waals surface area contributed by atoms with Gasteiger partial charge < -0.3 is 10.2 Å². The fraction of sp³-hybridized carbons (Fsp3) is 0.176. The second kappa shape index (κ2) is 6.48. The van der Waals surface area contributed by atoms with Crippen molar-refractivity contribution in [3.63, 3.8) is 0 Å². The molecule has 0 saturated carbocycles. The van der Waals surface area contributed by atoms with Gasteiger partial charge in [-0.2, -0.15) is 0 Å². The number of pyridine rings is 1. The molecule has 0 unspecified atom stereocenters. The van der Waals surface area contributed by atoms with Crippen LogP contribution in [-0.4, -0.2) is 18.1 Å². The van der Waals surface area contributed by atoms with Crippen LogP contribution in [0.1, 0.15) is 11.1 Å². The lowest BCUT2D eigenvalue weighted by molar-refractivity contribution is 0.780. The Hall–Kier alpha value is -1.89. The molecule has 0 saturated heterocycles. The molecule has 1 radical (unpaired) electrons. The molecule has 1 aliphatic rings. The van der Waals surface area contributed by atoms with Gasteiger partial charge in [-0.3, -0.25) is 0 Å². The number of halogens is 2. The topological polar surface area (TPSA) is 28.2 Å². The summed E-state index contributed by atoms with van der Waals surface area (Å²) in [5.74, 6) is 6.45. The molecule has 3 nitrogen and oxygen atoms in total. The van der Waals surface area contributed by atoms with Gasteiger partial charge in [0.05, 0.1) is 5.69 Å². The van der Waals surface area contributed by atoms with Gasteiger partial charge in [-0.1, -0.05) is 35.0 Å². The quantitative estimate of drug-likeness (QED) is 0.843. The Morgan fingerprint density at radius 1 is 1.32 bits per heavy atom. The van der Waals surface area contributed by atoms with Crippen molar-refractivity contribution in [2.75, 3.05) is 23.3 Å². The Morgan fingerprint density at radius 3 is 3.00 bits per heavy atom. The molecule has 0 aliphatic carbocycles. The van der Waals surface area contributed by atoms with E-state index in [-0.39, 0.29) is 0 Å². The van der Waals surface area contributed by atoms with Crippen LogP contribution in [0.25, 0.3) is 0 Å². The maximum absolute atomic E-state index is 6.28. The number of aromatic nitrogens is 1. The molecule has 5 heteroatoms. The number of hydrogen-bond acceptors (Lipinski definition) is 3. The van der Waals surface area contributed by atoms with E-state index in [4.69, 9.17) is 23.2 Å². The summed E-state index contributed by atoms with van der Waals surface area (Å²) in [6, 6.07) is 7.54. The first kappa shape index (κ1) is 15.0. The van der Waals surface area contributed by atoms with Gasteiger partial charge in [-0.25, -0.2) is 4.98 Å². The van der Waals surface area contributed by atoms with Gasteiger partial charge in [-0.05, 0) is 29.8 Å². The maximum Gasteiger partial charge on any atom is 0.149 e. The summed E-state index contributed by atoms with van der Waals surface area (Å²) in [6.07, 6.45) is 1.75. The minimum atomic E-state index is 0.678. The summed E-state index contributed by atoms with van der Waals surface area (Å²) in [5.41, 5.74) is 2.86. The van der Waals surface area contributed by atoms with Crippen LogP contribution in [0.3, 0.4) is 0 Å². The number of rotatable bonds is 2. The van der Waals surface area contributed by atoms with Crippen molar-refractivity contribution in [1.29, 1.82) is 0 Å².